The number of ether oxygens (including phenoxy) is 2. The molecule has 6 nitrogen and oxygen atoms in total. The van der Waals surface area contributed by atoms with Crippen LogP contribution >= 0.6 is 11.3 Å². The molecule has 0 amide bonds. The summed E-state index contributed by atoms with van der Waals surface area (Å²) in [5.74, 6) is 0.981. The zero-order valence-corrected chi connectivity index (χ0v) is 20.8. The first-order valence-electron chi connectivity index (χ1n) is 11.4. The largest absolute Gasteiger partial charge is 0.493 e. The molecule has 0 saturated heterocycles. The van der Waals surface area contributed by atoms with Gasteiger partial charge < -0.3 is 9.47 Å². The summed E-state index contributed by atoms with van der Waals surface area (Å²) in [6, 6.07) is 15.4. The molecule has 0 aliphatic heterocycles. The molecule has 2 aromatic carbocycles. The van der Waals surface area contributed by atoms with Gasteiger partial charge in [0, 0.05) is 23.3 Å². The van der Waals surface area contributed by atoms with E-state index in [1.165, 1.54) is 35.0 Å². The molecule has 0 fully saturated rings. The summed E-state index contributed by atoms with van der Waals surface area (Å²) < 4.78 is 52.2. The third kappa shape index (κ3) is 5.16. The number of para-hydroxylation sites is 1. The summed E-state index contributed by atoms with van der Waals surface area (Å²) in [5.41, 5.74) is 1.04. The Balaban J connectivity index is 1.57. The van der Waals surface area contributed by atoms with Crippen molar-refractivity contribution < 1.29 is 22.6 Å². The Kier molecular flexibility index (Phi) is 6.97. The number of thiazole rings is 1. The fourth-order valence-corrected chi connectivity index (χ4v) is 4.60. The lowest BCUT2D eigenvalue weighted by molar-refractivity contribution is -0.137. The highest BCUT2D eigenvalue weighted by Gasteiger charge is 2.30. The van der Waals surface area contributed by atoms with Crippen LogP contribution in [0.15, 0.2) is 83.2 Å². The summed E-state index contributed by atoms with van der Waals surface area (Å²) in [6.45, 7) is 0.208. The number of halogens is 3. The smallest absolute Gasteiger partial charge is 0.416 e. The Morgan fingerprint density at radius 3 is 2.55 bits per heavy atom. The monoisotopic (exact) mass is 535 g/mol. The SMILES string of the molecule is COc1cccc(C=Cc2nc3sccn3c(=O)c2-c2ccc(C(F)(F)F)cc2)c1OCc1ccccn1. The number of aromatic nitrogens is 3. The number of methoxy groups -OCH3 is 1. The van der Waals surface area contributed by atoms with E-state index in [9.17, 15) is 18.0 Å². The van der Waals surface area contributed by atoms with E-state index in [4.69, 9.17) is 9.47 Å². The molecule has 3 aromatic heterocycles. The van der Waals surface area contributed by atoms with Crippen molar-refractivity contribution in [2.75, 3.05) is 7.11 Å². The van der Waals surface area contributed by atoms with Gasteiger partial charge >= 0.3 is 6.18 Å². The number of hydrogen-bond donors (Lipinski definition) is 0. The third-order valence-corrected chi connectivity index (χ3v) is 6.49. The van der Waals surface area contributed by atoms with Gasteiger partial charge in [0.1, 0.15) is 6.61 Å². The number of hydrogen-bond acceptors (Lipinski definition) is 6. The van der Waals surface area contributed by atoms with Crippen LogP contribution in [-0.4, -0.2) is 21.5 Å². The minimum Gasteiger partial charge on any atom is -0.493 e. The van der Waals surface area contributed by atoms with Gasteiger partial charge in [0.25, 0.3) is 5.56 Å². The van der Waals surface area contributed by atoms with Crippen LogP contribution in [0, 0.1) is 0 Å². The Labute approximate surface area is 219 Å². The molecule has 0 atom stereocenters. The highest BCUT2D eigenvalue weighted by Crippen LogP contribution is 2.34. The molecule has 38 heavy (non-hydrogen) atoms. The van der Waals surface area contributed by atoms with Crippen molar-refractivity contribution in [1.82, 2.24) is 14.4 Å². The minimum absolute atomic E-state index is 0.185. The van der Waals surface area contributed by atoms with Gasteiger partial charge in [-0.3, -0.25) is 14.2 Å². The molecule has 0 spiro atoms. The van der Waals surface area contributed by atoms with Gasteiger partial charge in [-0.05, 0) is 48.0 Å². The van der Waals surface area contributed by atoms with E-state index in [0.717, 1.165) is 17.8 Å². The van der Waals surface area contributed by atoms with Gasteiger partial charge in [-0.2, -0.15) is 13.2 Å². The van der Waals surface area contributed by atoms with E-state index in [1.807, 2.05) is 24.3 Å². The van der Waals surface area contributed by atoms with Crippen LogP contribution in [0.2, 0.25) is 0 Å². The van der Waals surface area contributed by atoms with Crippen molar-refractivity contribution in [3.8, 4) is 22.6 Å². The lowest BCUT2D eigenvalue weighted by atomic mass is 10.0. The zero-order chi connectivity index (χ0) is 26.7. The molecule has 0 aliphatic rings. The predicted octanol–water partition coefficient (Wildman–Crippen LogP) is 6.59. The summed E-state index contributed by atoms with van der Waals surface area (Å²) in [4.78, 5) is 22.7. The molecule has 0 saturated carbocycles. The first-order chi connectivity index (χ1) is 18.3. The highest BCUT2D eigenvalue weighted by atomic mass is 32.1. The maximum Gasteiger partial charge on any atom is 0.416 e. The fourth-order valence-electron chi connectivity index (χ4n) is 3.89. The van der Waals surface area contributed by atoms with E-state index in [-0.39, 0.29) is 17.7 Å². The number of alkyl halides is 3. The lowest BCUT2D eigenvalue weighted by Gasteiger charge is -2.13. The van der Waals surface area contributed by atoms with Crippen molar-refractivity contribution in [2.24, 2.45) is 0 Å². The predicted molar refractivity (Wildman–Crippen MR) is 140 cm³/mol. The number of fused-ring (bicyclic) bond motifs is 1. The molecule has 0 unspecified atom stereocenters. The van der Waals surface area contributed by atoms with Gasteiger partial charge in [0.2, 0.25) is 0 Å². The van der Waals surface area contributed by atoms with E-state index in [1.54, 1.807) is 42.1 Å². The van der Waals surface area contributed by atoms with Crippen LogP contribution in [0.5, 0.6) is 11.5 Å². The maximum atomic E-state index is 13.4. The van der Waals surface area contributed by atoms with Crippen molar-refractivity contribution in [1.29, 1.82) is 0 Å². The fraction of sp³-hybridized carbons (Fsp3) is 0.107. The van der Waals surface area contributed by atoms with Gasteiger partial charge in [-0.25, -0.2) is 4.98 Å². The van der Waals surface area contributed by atoms with Gasteiger partial charge in [0.05, 0.1) is 29.6 Å². The standard InChI is InChI=1S/C28H20F3N3O3S/c1-36-23-7-4-5-19(25(23)37-17-21-6-2-3-14-32-21)10-13-22-24(26(35)34-15-16-38-27(34)33-22)18-8-11-20(12-9-18)28(29,30)31/h2-16H,17H2,1H3. The first kappa shape index (κ1) is 25.2. The topological polar surface area (TPSA) is 65.7 Å². The lowest BCUT2D eigenvalue weighted by Crippen LogP contribution is -2.17. The Bertz CT molecular complexity index is 1660. The summed E-state index contributed by atoms with van der Waals surface area (Å²) >= 11 is 1.28. The van der Waals surface area contributed by atoms with Crippen LogP contribution < -0.4 is 15.0 Å². The Morgan fingerprint density at radius 1 is 1.03 bits per heavy atom. The maximum absolute atomic E-state index is 13.4. The number of nitrogens with zero attached hydrogens (tertiary/aromatic N) is 3. The second-order valence-corrected chi connectivity index (χ2v) is 9.00. The molecule has 0 aliphatic carbocycles. The van der Waals surface area contributed by atoms with E-state index in [2.05, 4.69) is 9.97 Å². The third-order valence-electron chi connectivity index (χ3n) is 5.74. The molecule has 5 rings (SSSR count). The number of benzene rings is 2. The van der Waals surface area contributed by atoms with Crippen molar-refractivity contribution >= 4 is 28.4 Å². The Hall–Kier alpha value is -4.44. The molecule has 3 heterocycles. The van der Waals surface area contributed by atoms with E-state index in [0.29, 0.717) is 33.3 Å². The molecule has 192 valence electrons. The van der Waals surface area contributed by atoms with Crippen molar-refractivity contribution in [3.63, 3.8) is 0 Å². The number of rotatable bonds is 7. The van der Waals surface area contributed by atoms with E-state index >= 15 is 0 Å². The normalized spacial score (nSPS) is 11.8. The second-order valence-electron chi connectivity index (χ2n) is 8.13. The molecular formula is C28H20F3N3O3S. The molecule has 0 N–H and O–H groups in total. The minimum atomic E-state index is -4.48. The van der Waals surface area contributed by atoms with Crippen LogP contribution in [-0.2, 0) is 12.8 Å². The molecule has 0 bridgehead atoms. The van der Waals surface area contributed by atoms with Gasteiger partial charge in [0.15, 0.2) is 16.5 Å². The van der Waals surface area contributed by atoms with Crippen LogP contribution in [0.25, 0.3) is 28.2 Å². The highest BCUT2D eigenvalue weighted by molar-refractivity contribution is 7.15. The molecule has 5 aromatic rings. The summed E-state index contributed by atoms with van der Waals surface area (Å²) in [5, 5.41) is 1.72. The van der Waals surface area contributed by atoms with Gasteiger partial charge in [-0.15, -0.1) is 11.3 Å². The summed E-state index contributed by atoms with van der Waals surface area (Å²) in [6.07, 6.45) is 2.16. The van der Waals surface area contributed by atoms with E-state index < -0.39 is 11.7 Å². The molecule has 10 heteroatoms. The summed E-state index contributed by atoms with van der Waals surface area (Å²) in [7, 11) is 1.53. The van der Waals surface area contributed by atoms with Crippen molar-refractivity contribution in [3.05, 3.63) is 111 Å². The van der Waals surface area contributed by atoms with Crippen LogP contribution in [0.1, 0.15) is 22.5 Å². The molecular weight excluding hydrogens is 515 g/mol. The average molecular weight is 536 g/mol. The molecule has 0 radical (unpaired) electrons. The van der Waals surface area contributed by atoms with Crippen LogP contribution in [0.4, 0.5) is 13.2 Å². The Morgan fingerprint density at radius 2 is 1.84 bits per heavy atom. The average Bonchev–Trinajstić information content (AvgIpc) is 3.40. The quantitative estimate of drug-likeness (QED) is 0.235. The second kappa shape index (κ2) is 10.5. The van der Waals surface area contributed by atoms with Gasteiger partial charge in [-0.1, -0.05) is 30.3 Å². The van der Waals surface area contributed by atoms with Crippen molar-refractivity contribution in [2.45, 2.75) is 12.8 Å². The number of pyridine rings is 1. The first-order valence-corrected chi connectivity index (χ1v) is 12.3. The van der Waals surface area contributed by atoms with Crippen LogP contribution in [0.3, 0.4) is 0 Å². The zero-order valence-electron chi connectivity index (χ0n) is 20.0.